The van der Waals surface area contributed by atoms with Crippen molar-refractivity contribution in [2.24, 2.45) is 0 Å². The van der Waals surface area contributed by atoms with Crippen molar-refractivity contribution in [3.63, 3.8) is 0 Å². The highest BCUT2D eigenvalue weighted by Gasteiger charge is 2.15. The number of carbonyl (C=O) groups excluding carboxylic acids is 1. The average molecular weight is 317 g/mol. The summed E-state index contributed by atoms with van der Waals surface area (Å²) in [6.07, 6.45) is 6.85. The van der Waals surface area contributed by atoms with Gasteiger partial charge in [-0.3, -0.25) is 9.48 Å². The van der Waals surface area contributed by atoms with Crippen LogP contribution in [0, 0.1) is 12.7 Å². The Kier molecular flexibility index (Phi) is 4.71. The summed E-state index contributed by atoms with van der Waals surface area (Å²) in [5.74, 6) is -0.736. The van der Waals surface area contributed by atoms with Crippen molar-refractivity contribution in [1.29, 1.82) is 0 Å². The summed E-state index contributed by atoms with van der Waals surface area (Å²) in [6.45, 7) is 3.14. The first-order chi connectivity index (χ1) is 11.1. The van der Waals surface area contributed by atoms with E-state index in [-0.39, 0.29) is 23.4 Å². The van der Waals surface area contributed by atoms with Crippen LogP contribution < -0.4 is 5.32 Å². The third-order valence-corrected chi connectivity index (χ3v) is 3.99. The molecule has 1 atom stereocenters. The van der Waals surface area contributed by atoms with Crippen molar-refractivity contribution in [2.45, 2.75) is 38.8 Å². The molecule has 1 unspecified atom stereocenters. The number of nitrogens with zero attached hydrogens (tertiary/aromatic N) is 2. The first kappa shape index (κ1) is 15.7. The molecule has 1 N–H and O–H groups in total. The fourth-order valence-electron chi connectivity index (χ4n) is 2.63. The first-order valence-corrected chi connectivity index (χ1v) is 7.83. The van der Waals surface area contributed by atoms with E-state index in [2.05, 4.69) is 10.4 Å². The van der Waals surface area contributed by atoms with E-state index >= 15 is 0 Å². The lowest BCUT2D eigenvalue weighted by atomic mass is 10.1. The highest BCUT2D eigenvalue weighted by molar-refractivity contribution is 6.04. The quantitative estimate of drug-likeness (QED) is 0.942. The molecule has 23 heavy (non-hydrogen) atoms. The van der Waals surface area contributed by atoms with Crippen LogP contribution >= 0.6 is 0 Å². The van der Waals surface area contributed by atoms with Gasteiger partial charge >= 0.3 is 0 Å². The fourth-order valence-corrected chi connectivity index (χ4v) is 2.63. The van der Waals surface area contributed by atoms with Crippen molar-refractivity contribution in [3.05, 3.63) is 47.5 Å². The van der Waals surface area contributed by atoms with Crippen LogP contribution in [0.15, 0.2) is 30.6 Å². The molecule has 122 valence electrons. The van der Waals surface area contributed by atoms with Gasteiger partial charge in [-0.25, -0.2) is 4.39 Å². The number of anilines is 1. The average Bonchev–Trinajstić information content (AvgIpc) is 2.98. The maximum atomic E-state index is 13.5. The molecule has 0 spiro atoms. The lowest BCUT2D eigenvalue weighted by Crippen LogP contribution is -2.24. The molecule has 1 fully saturated rings. The molecular formula is C17H20FN3O2. The van der Waals surface area contributed by atoms with Gasteiger partial charge in [0.25, 0.3) is 5.91 Å². The van der Waals surface area contributed by atoms with Gasteiger partial charge < -0.3 is 10.1 Å². The molecule has 1 aliphatic heterocycles. The number of aromatic nitrogens is 2. The number of ether oxygens (including phenoxy) is 1. The predicted molar refractivity (Wildman–Crippen MR) is 84.9 cm³/mol. The Morgan fingerprint density at radius 1 is 1.48 bits per heavy atom. The Hall–Kier alpha value is -2.21. The molecule has 1 aromatic carbocycles. The summed E-state index contributed by atoms with van der Waals surface area (Å²) in [5, 5.41) is 6.97. The van der Waals surface area contributed by atoms with Crippen LogP contribution in [-0.4, -0.2) is 28.4 Å². The van der Waals surface area contributed by atoms with Crippen molar-refractivity contribution < 1.29 is 13.9 Å². The number of rotatable bonds is 4. The Balaban J connectivity index is 1.61. The highest BCUT2D eigenvalue weighted by atomic mass is 19.1. The van der Waals surface area contributed by atoms with E-state index in [1.54, 1.807) is 36.1 Å². The third kappa shape index (κ3) is 3.96. The van der Waals surface area contributed by atoms with E-state index in [0.29, 0.717) is 17.8 Å². The Morgan fingerprint density at radius 3 is 3.09 bits per heavy atom. The summed E-state index contributed by atoms with van der Waals surface area (Å²) in [5.41, 5.74) is 1.39. The second-order valence-corrected chi connectivity index (χ2v) is 5.86. The van der Waals surface area contributed by atoms with Crippen molar-refractivity contribution >= 4 is 11.6 Å². The van der Waals surface area contributed by atoms with Crippen LogP contribution in [0.2, 0.25) is 0 Å². The Bertz CT molecular complexity index is 693. The zero-order valence-electron chi connectivity index (χ0n) is 13.1. The zero-order valence-corrected chi connectivity index (χ0v) is 13.1. The second-order valence-electron chi connectivity index (χ2n) is 5.86. The third-order valence-electron chi connectivity index (χ3n) is 3.99. The number of benzene rings is 1. The van der Waals surface area contributed by atoms with Crippen LogP contribution in [0.5, 0.6) is 0 Å². The molecular weight excluding hydrogens is 297 g/mol. The normalized spacial score (nSPS) is 17.9. The van der Waals surface area contributed by atoms with Gasteiger partial charge in [-0.15, -0.1) is 0 Å². The minimum absolute atomic E-state index is 0.179. The molecule has 0 aliphatic carbocycles. The summed E-state index contributed by atoms with van der Waals surface area (Å²) < 4.78 is 21.0. The molecule has 3 rings (SSSR count). The topological polar surface area (TPSA) is 56.2 Å². The zero-order chi connectivity index (χ0) is 16.2. The number of nitrogens with one attached hydrogen (secondary N) is 1. The van der Waals surface area contributed by atoms with E-state index in [1.807, 2.05) is 0 Å². The molecule has 5 nitrogen and oxygen atoms in total. The van der Waals surface area contributed by atoms with Crippen molar-refractivity contribution in [3.8, 4) is 0 Å². The number of hydrogen-bond donors (Lipinski definition) is 1. The second kappa shape index (κ2) is 6.91. The largest absolute Gasteiger partial charge is 0.376 e. The molecule has 1 aliphatic rings. The van der Waals surface area contributed by atoms with Gasteiger partial charge in [0.2, 0.25) is 0 Å². The number of aryl methyl sites for hydroxylation is 1. The molecule has 2 aromatic rings. The van der Waals surface area contributed by atoms with Gasteiger partial charge in [-0.05, 0) is 43.9 Å². The van der Waals surface area contributed by atoms with E-state index in [4.69, 9.17) is 4.74 Å². The van der Waals surface area contributed by atoms with Gasteiger partial charge in [-0.2, -0.15) is 5.10 Å². The van der Waals surface area contributed by atoms with Gasteiger partial charge in [0, 0.05) is 18.4 Å². The number of amides is 1. The fraction of sp³-hybridized carbons (Fsp3) is 0.412. The smallest absolute Gasteiger partial charge is 0.255 e. The Labute approximate surface area is 134 Å². The van der Waals surface area contributed by atoms with Gasteiger partial charge in [-0.1, -0.05) is 6.07 Å². The summed E-state index contributed by atoms with van der Waals surface area (Å²) >= 11 is 0. The molecule has 0 radical (unpaired) electrons. The van der Waals surface area contributed by atoms with Crippen molar-refractivity contribution in [2.75, 3.05) is 11.9 Å². The maximum absolute atomic E-state index is 13.5. The van der Waals surface area contributed by atoms with E-state index in [0.717, 1.165) is 19.4 Å². The molecule has 2 heterocycles. The lowest BCUT2D eigenvalue weighted by Gasteiger charge is -2.22. The van der Waals surface area contributed by atoms with Crippen LogP contribution in [0.1, 0.15) is 35.2 Å². The molecule has 1 aromatic heterocycles. The monoisotopic (exact) mass is 317 g/mol. The van der Waals surface area contributed by atoms with Gasteiger partial charge in [0.05, 0.1) is 24.5 Å². The number of halogens is 1. The highest BCUT2D eigenvalue weighted by Crippen LogP contribution is 2.16. The van der Waals surface area contributed by atoms with Crippen LogP contribution in [0.25, 0.3) is 0 Å². The van der Waals surface area contributed by atoms with E-state index in [1.165, 1.54) is 12.5 Å². The minimum atomic E-state index is -0.386. The lowest BCUT2D eigenvalue weighted by molar-refractivity contribution is 0.00401. The van der Waals surface area contributed by atoms with Crippen LogP contribution in [-0.2, 0) is 11.3 Å². The molecule has 1 amide bonds. The minimum Gasteiger partial charge on any atom is -0.376 e. The molecule has 0 bridgehead atoms. The van der Waals surface area contributed by atoms with Crippen LogP contribution in [0.3, 0.4) is 0 Å². The summed E-state index contributed by atoms with van der Waals surface area (Å²) in [7, 11) is 0. The van der Waals surface area contributed by atoms with E-state index < -0.39 is 0 Å². The maximum Gasteiger partial charge on any atom is 0.255 e. The van der Waals surface area contributed by atoms with Crippen LogP contribution in [0.4, 0.5) is 10.1 Å². The van der Waals surface area contributed by atoms with Gasteiger partial charge in [0.1, 0.15) is 5.82 Å². The molecule has 1 saturated heterocycles. The van der Waals surface area contributed by atoms with E-state index in [9.17, 15) is 9.18 Å². The van der Waals surface area contributed by atoms with Crippen molar-refractivity contribution in [1.82, 2.24) is 9.78 Å². The number of carbonyl (C=O) groups is 1. The Morgan fingerprint density at radius 2 is 2.35 bits per heavy atom. The number of hydrogen-bond acceptors (Lipinski definition) is 3. The molecule has 0 saturated carbocycles. The molecule has 6 heteroatoms. The summed E-state index contributed by atoms with van der Waals surface area (Å²) in [6, 6.07) is 4.44. The van der Waals surface area contributed by atoms with Gasteiger partial charge in [0.15, 0.2) is 0 Å². The summed E-state index contributed by atoms with van der Waals surface area (Å²) in [4.78, 5) is 12.1. The standard InChI is InChI=1S/C17H20FN3O2/c1-12-5-6-13(8-16(12)18)17(22)20-14-9-19-21(10-14)11-15-4-2-3-7-23-15/h5-6,8-10,15H,2-4,7,11H2,1H3,(H,20,22). The first-order valence-electron chi connectivity index (χ1n) is 7.83. The predicted octanol–water partition coefficient (Wildman–Crippen LogP) is 3.15. The SMILES string of the molecule is Cc1ccc(C(=O)Nc2cnn(CC3CCCCO3)c2)cc1F.